The van der Waals surface area contributed by atoms with Gasteiger partial charge in [-0.15, -0.1) is 0 Å². The monoisotopic (exact) mass is 297 g/mol. The molecule has 1 fully saturated rings. The number of hydrogen-bond acceptors (Lipinski definition) is 2. The Hall–Kier alpha value is -1.36. The van der Waals surface area contributed by atoms with Crippen LogP contribution in [0.4, 0.5) is 0 Å². The van der Waals surface area contributed by atoms with Gasteiger partial charge in [-0.2, -0.15) is 0 Å². The SMILES string of the molecule is O=C(O)CN(C(=O)c1cccc(Br)c1)C1CC1. The smallest absolute Gasteiger partial charge is 0.323 e. The van der Waals surface area contributed by atoms with E-state index in [2.05, 4.69) is 15.9 Å². The summed E-state index contributed by atoms with van der Waals surface area (Å²) in [5, 5.41) is 8.81. The zero-order valence-electron chi connectivity index (χ0n) is 9.10. The molecule has 5 heteroatoms. The summed E-state index contributed by atoms with van der Waals surface area (Å²) in [6.07, 6.45) is 1.79. The van der Waals surface area contributed by atoms with Crippen molar-refractivity contribution in [3.05, 3.63) is 34.3 Å². The van der Waals surface area contributed by atoms with Gasteiger partial charge in [-0.3, -0.25) is 9.59 Å². The molecule has 17 heavy (non-hydrogen) atoms. The maximum absolute atomic E-state index is 12.2. The highest BCUT2D eigenvalue weighted by molar-refractivity contribution is 9.10. The van der Waals surface area contributed by atoms with E-state index in [1.165, 1.54) is 4.90 Å². The molecule has 0 saturated heterocycles. The zero-order chi connectivity index (χ0) is 12.4. The van der Waals surface area contributed by atoms with E-state index in [1.807, 2.05) is 6.07 Å². The minimum atomic E-state index is -0.972. The molecule has 1 saturated carbocycles. The van der Waals surface area contributed by atoms with E-state index in [0.717, 1.165) is 17.3 Å². The highest BCUT2D eigenvalue weighted by atomic mass is 79.9. The van der Waals surface area contributed by atoms with Crippen LogP contribution in [0, 0.1) is 0 Å². The lowest BCUT2D eigenvalue weighted by Gasteiger charge is -2.20. The Labute approximate surface area is 107 Å². The largest absolute Gasteiger partial charge is 0.480 e. The van der Waals surface area contributed by atoms with Crippen molar-refractivity contribution in [3.8, 4) is 0 Å². The van der Waals surface area contributed by atoms with Crippen molar-refractivity contribution in [2.24, 2.45) is 0 Å². The van der Waals surface area contributed by atoms with E-state index in [9.17, 15) is 9.59 Å². The Bertz CT molecular complexity index is 457. The molecule has 0 radical (unpaired) electrons. The first-order chi connectivity index (χ1) is 8.08. The van der Waals surface area contributed by atoms with Crippen LogP contribution < -0.4 is 0 Å². The van der Waals surface area contributed by atoms with E-state index in [0.29, 0.717) is 5.56 Å². The average molecular weight is 298 g/mol. The molecule has 2 rings (SSSR count). The van der Waals surface area contributed by atoms with E-state index < -0.39 is 5.97 Å². The van der Waals surface area contributed by atoms with Crippen LogP contribution in [-0.4, -0.2) is 34.5 Å². The van der Waals surface area contributed by atoms with Gasteiger partial charge >= 0.3 is 5.97 Å². The quantitative estimate of drug-likeness (QED) is 0.926. The Kier molecular flexibility index (Phi) is 3.47. The summed E-state index contributed by atoms with van der Waals surface area (Å²) in [5.41, 5.74) is 0.521. The summed E-state index contributed by atoms with van der Waals surface area (Å²) in [6, 6.07) is 7.10. The molecule has 0 aliphatic heterocycles. The summed E-state index contributed by atoms with van der Waals surface area (Å²) in [4.78, 5) is 24.3. The van der Waals surface area contributed by atoms with E-state index in [-0.39, 0.29) is 18.5 Å². The van der Waals surface area contributed by atoms with Gasteiger partial charge in [0.2, 0.25) is 0 Å². The Morgan fingerprint density at radius 3 is 2.65 bits per heavy atom. The molecule has 1 aromatic carbocycles. The molecular weight excluding hydrogens is 286 g/mol. The lowest BCUT2D eigenvalue weighted by molar-refractivity contribution is -0.137. The lowest BCUT2D eigenvalue weighted by Crippen LogP contribution is -2.37. The number of carboxylic acid groups (broad SMARTS) is 1. The molecular formula is C12H12BrNO3. The molecule has 0 bridgehead atoms. The summed E-state index contributed by atoms with van der Waals surface area (Å²) in [5.74, 6) is -1.18. The fraction of sp³-hybridized carbons (Fsp3) is 0.333. The van der Waals surface area contributed by atoms with Crippen molar-refractivity contribution < 1.29 is 14.7 Å². The van der Waals surface area contributed by atoms with Crippen molar-refractivity contribution in [1.82, 2.24) is 4.90 Å². The lowest BCUT2D eigenvalue weighted by atomic mass is 10.2. The number of amides is 1. The average Bonchev–Trinajstić information content (AvgIpc) is 3.08. The van der Waals surface area contributed by atoms with Gasteiger partial charge in [0.05, 0.1) is 0 Å². The predicted octanol–water partition coefficient (Wildman–Crippen LogP) is 2.14. The second-order valence-corrected chi connectivity index (χ2v) is 4.98. The van der Waals surface area contributed by atoms with Crippen molar-refractivity contribution >= 4 is 27.8 Å². The van der Waals surface area contributed by atoms with Crippen LogP contribution in [0.5, 0.6) is 0 Å². The van der Waals surface area contributed by atoms with Crippen LogP contribution in [0.3, 0.4) is 0 Å². The van der Waals surface area contributed by atoms with Crippen LogP contribution in [0.2, 0.25) is 0 Å². The van der Waals surface area contributed by atoms with Crippen LogP contribution >= 0.6 is 15.9 Å². The molecule has 90 valence electrons. The highest BCUT2D eigenvalue weighted by Gasteiger charge is 2.34. The number of carbonyl (C=O) groups is 2. The molecule has 0 heterocycles. The summed E-state index contributed by atoms with van der Waals surface area (Å²) in [7, 11) is 0. The number of rotatable bonds is 4. The molecule has 1 aromatic rings. The molecule has 0 unspecified atom stereocenters. The minimum Gasteiger partial charge on any atom is -0.480 e. The fourth-order valence-electron chi connectivity index (χ4n) is 1.69. The molecule has 1 amide bonds. The topological polar surface area (TPSA) is 57.6 Å². The van der Waals surface area contributed by atoms with Crippen LogP contribution in [0.25, 0.3) is 0 Å². The number of carboxylic acids is 1. The first-order valence-corrected chi connectivity index (χ1v) is 6.15. The van der Waals surface area contributed by atoms with Gasteiger partial charge in [-0.25, -0.2) is 0 Å². The summed E-state index contributed by atoms with van der Waals surface area (Å²) in [6.45, 7) is -0.226. The van der Waals surface area contributed by atoms with Gasteiger partial charge in [-0.1, -0.05) is 22.0 Å². The van der Waals surface area contributed by atoms with Crippen LogP contribution in [0.15, 0.2) is 28.7 Å². The minimum absolute atomic E-state index is 0.0950. The van der Waals surface area contributed by atoms with Gasteiger partial charge < -0.3 is 10.0 Å². The molecule has 1 N–H and O–H groups in total. The summed E-state index contributed by atoms with van der Waals surface area (Å²) >= 11 is 3.30. The van der Waals surface area contributed by atoms with E-state index in [1.54, 1.807) is 18.2 Å². The number of carbonyl (C=O) groups excluding carboxylic acids is 1. The Balaban J connectivity index is 2.18. The van der Waals surface area contributed by atoms with Crippen molar-refractivity contribution in [2.75, 3.05) is 6.54 Å². The number of halogens is 1. The molecule has 0 atom stereocenters. The Morgan fingerprint density at radius 1 is 1.41 bits per heavy atom. The zero-order valence-corrected chi connectivity index (χ0v) is 10.7. The maximum atomic E-state index is 12.2. The number of aliphatic carboxylic acids is 1. The van der Waals surface area contributed by atoms with Gasteiger partial charge in [0.1, 0.15) is 6.54 Å². The predicted molar refractivity (Wildman–Crippen MR) is 65.8 cm³/mol. The van der Waals surface area contributed by atoms with Gasteiger partial charge in [0.15, 0.2) is 0 Å². The summed E-state index contributed by atoms with van der Waals surface area (Å²) < 4.78 is 0.814. The van der Waals surface area contributed by atoms with Crippen molar-refractivity contribution in [3.63, 3.8) is 0 Å². The van der Waals surface area contributed by atoms with E-state index in [4.69, 9.17) is 5.11 Å². The van der Waals surface area contributed by atoms with Gasteiger partial charge in [-0.05, 0) is 31.0 Å². The second-order valence-electron chi connectivity index (χ2n) is 4.07. The third-order valence-electron chi connectivity index (χ3n) is 2.63. The van der Waals surface area contributed by atoms with Crippen LogP contribution in [-0.2, 0) is 4.79 Å². The molecule has 1 aliphatic carbocycles. The first-order valence-electron chi connectivity index (χ1n) is 5.36. The third kappa shape index (κ3) is 3.06. The number of hydrogen-bond donors (Lipinski definition) is 1. The number of benzene rings is 1. The van der Waals surface area contributed by atoms with Crippen molar-refractivity contribution in [2.45, 2.75) is 18.9 Å². The molecule has 4 nitrogen and oxygen atoms in total. The second kappa shape index (κ2) is 4.87. The normalized spacial score (nSPS) is 14.4. The van der Waals surface area contributed by atoms with E-state index >= 15 is 0 Å². The van der Waals surface area contributed by atoms with Crippen molar-refractivity contribution in [1.29, 1.82) is 0 Å². The van der Waals surface area contributed by atoms with Gasteiger partial charge in [0.25, 0.3) is 5.91 Å². The highest BCUT2D eigenvalue weighted by Crippen LogP contribution is 2.28. The fourth-order valence-corrected chi connectivity index (χ4v) is 2.09. The Morgan fingerprint density at radius 2 is 2.12 bits per heavy atom. The van der Waals surface area contributed by atoms with Gasteiger partial charge in [0, 0.05) is 16.1 Å². The molecule has 0 spiro atoms. The molecule has 0 aromatic heterocycles. The third-order valence-corrected chi connectivity index (χ3v) is 3.12. The van der Waals surface area contributed by atoms with Crippen LogP contribution in [0.1, 0.15) is 23.2 Å². The molecule has 1 aliphatic rings. The maximum Gasteiger partial charge on any atom is 0.323 e. The first kappa shape index (κ1) is 12.1. The number of nitrogens with zero attached hydrogens (tertiary/aromatic N) is 1. The standard InChI is InChI=1S/C12H12BrNO3/c13-9-3-1-2-8(6-9)12(17)14(7-11(15)16)10-4-5-10/h1-3,6,10H,4-5,7H2,(H,15,16).